The van der Waals surface area contributed by atoms with Crippen LogP contribution in [-0.2, 0) is 11.8 Å². The van der Waals surface area contributed by atoms with Gasteiger partial charge in [-0.25, -0.2) is 19.3 Å². The van der Waals surface area contributed by atoms with Crippen molar-refractivity contribution in [1.29, 1.82) is 0 Å². The van der Waals surface area contributed by atoms with Crippen LogP contribution in [0.25, 0.3) is 33.2 Å². The molecule has 5 aromatic rings. The van der Waals surface area contributed by atoms with Gasteiger partial charge in [0.05, 0.1) is 16.6 Å². The van der Waals surface area contributed by atoms with Crippen molar-refractivity contribution < 1.29 is 19.0 Å². The number of aromatic nitrogens is 6. The summed E-state index contributed by atoms with van der Waals surface area (Å²) in [4.78, 5) is 12.9. The van der Waals surface area contributed by atoms with Crippen LogP contribution < -0.4 is 15.8 Å². The average molecular weight is 505 g/mol. The van der Waals surface area contributed by atoms with Gasteiger partial charge in [-0.1, -0.05) is 0 Å². The highest BCUT2D eigenvalue weighted by Gasteiger charge is 2.46. The van der Waals surface area contributed by atoms with Crippen LogP contribution >= 0.6 is 0 Å². The zero-order valence-corrected chi connectivity index (χ0v) is 20.1. The minimum Gasteiger partial charge on any atom is -0.491 e. The zero-order chi connectivity index (χ0) is 25.7. The number of hydrogen-bond acceptors (Lipinski definition) is 9. The minimum atomic E-state index is -1.73. The molecule has 5 heterocycles. The van der Waals surface area contributed by atoms with E-state index in [9.17, 15) is 5.11 Å². The number of aliphatic hydroxyl groups excluding tert-OH is 1. The number of ether oxygens (including phenoxy) is 2. The Morgan fingerprint density at radius 1 is 1.22 bits per heavy atom. The summed E-state index contributed by atoms with van der Waals surface area (Å²) in [6.45, 7) is -0.0568. The lowest BCUT2D eigenvalue weighted by Crippen LogP contribution is -2.32. The number of nitrogen functional groups attached to an aromatic ring is 1. The molecule has 0 radical (unpaired) electrons. The largest absolute Gasteiger partial charge is 0.491 e. The number of nitrogens with one attached hydrogen (secondary N) is 1. The molecule has 4 N–H and O–H groups in total. The maximum atomic E-state index is 15.4. The molecule has 1 aliphatic rings. The monoisotopic (exact) mass is 504 g/mol. The molecule has 0 bridgehead atoms. The van der Waals surface area contributed by atoms with E-state index in [0.717, 1.165) is 16.7 Å². The Bertz CT molecular complexity index is 1600. The van der Waals surface area contributed by atoms with E-state index in [0.29, 0.717) is 28.0 Å². The second-order valence-corrected chi connectivity index (χ2v) is 8.89. The van der Waals surface area contributed by atoms with Crippen molar-refractivity contribution in [2.45, 2.75) is 24.6 Å². The fourth-order valence-electron chi connectivity index (χ4n) is 4.62. The van der Waals surface area contributed by atoms with Crippen LogP contribution in [0.5, 0.6) is 5.75 Å². The van der Waals surface area contributed by atoms with E-state index in [-0.39, 0.29) is 12.4 Å². The predicted molar refractivity (Wildman–Crippen MR) is 136 cm³/mol. The van der Waals surface area contributed by atoms with Gasteiger partial charge in [0.1, 0.15) is 48.2 Å². The Morgan fingerprint density at radius 2 is 2.05 bits per heavy atom. The summed E-state index contributed by atoms with van der Waals surface area (Å²) < 4.78 is 30.5. The molecule has 4 aromatic heterocycles. The first kappa shape index (κ1) is 23.1. The number of aliphatic hydroxyl groups is 1. The highest BCUT2D eigenvalue weighted by Crippen LogP contribution is 2.39. The molecular weight excluding hydrogens is 479 g/mol. The molecule has 0 saturated carbocycles. The Labute approximate surface area is 210 Å². The van der Waals surface area contributed by atoms with E-state index in [4.69, 9.17) is 15.2 Å². The molecule has 1 saturated heterocycles. The lowest BCUT2D eigenvalue weighted by atomic mass is 10.1. The third-order valence-electron chi connectivity index (χ3n) is 6.53. The number of halogens is 1. The van der Waals surface area contributed by atoms with Crippen molar-refractivity contribution in [1.82, 2.24) is 29.3 Å². The summed E-state index contributed by atoms with van der Waals surface area (Å²) in [5.74, 6) is 1.51. The second kappa shape index (κ2) is 8.98. The Balaban J connectivity index is 1.27. The van der Waals surface area contributed by atoms with Crippen LogP contribution in [-0.4, -0.2) is 66.4 Å². The molecule has 6 rings (SSSR count). The maximum absolute atomic E-state index is 15.4. The van der Waals surface area contributed by atoms with Gasteiger partial charge in [-0.2, -0.15) is 5.10 Å². The van der Waals surface area contributed by atoms with Gasteiger partial charge in [0, 0.05) is 43.5 Å². The van der Waals surface area contributed by atoms with Crippen molar-refractivity contribution >= 4 is 33.6 Å². The summed E-state index contributed by atoms with van der Waals surface area (Å²) in [6.07, 6.45) is -0.413. The van der Waals surface area contributed by atoms with E-state index < -0.39 is 24.6 Å². The van der Waals surface area contributed by atoms with Gasteiger partial charge >= 0.3 is 0 Å². The highest BCUT2D eigenvalue weighted by molar-refractivity contribution is 5.99. The van der Waals surface area contributed by atoms with Crippen LogP contribution in [0.3, 0.4) is 0 Å². The summed E-state index contributed by atoms with van der Waals surface area (Å²) >= 11 is 0. The first-order chi connectivity index (χ1) is 17.9. The number of nitrogens with two attached hydrogens (primary N) is 1. The highest BCUT2D eigenvalue weighted by atomic mass is 19.1. The SMILES string of the molecule is CNc1ccc2ccc(OC[C@H]3O[C@@H](n4cc(-c5ccn(C)n5)c5c(N)ncnc54)[C@@H](F)[C@@H]3O)cc2n1. The quantitative estimate of drug-likeness (QED) is 0.319. The van der Waals surface area contributed by atoms with Crippen molar-refractivity contribution in [3.05, 3.63) is 55.1 Å². The number of pyridine rings is 1. The normalized spacial score (nSPS) is 21.6. The van der Waals surface area contributed by atoms with Gasteiger partial charge in [-0.15, -0.1) is 0 Å². The summed E-state index contributed by atoms with van der Waals surface area (Å²) in [5, 5.41) is 19.6. The first-order valence-electron chi connectivity index (χ1n) is 11.7. The van der Waals surface area contributed by atoms with Gasteiger partial charge in [-0.3, -0.25) is 4.68 Å². The molecule has 0 unspecified atom stereocenters. The van der Waals surface area contributed by atoms with E-state index in [2.05, 4.69) is 25.4 Å². The lowest BCUT2D eigenvalue weighted by molar-refractivity contribution is -0.0410. The van der Waals surface area contributed by atoms with Crippen molar-refractivity contribution in [3.63, 3.8) is 0 Å². The average Bonchev–Trinajstić information content (AvgIpc) is 3.59. The van der Waals surface area contributed by atoms with Crippen LogP contribution in [0.1, 0.15) is 6.23 Å². The predicted octanol–water partition coefficient (Wildman–Crippen LogP) is 2.68. The topological polar surface area (TPSA) is 138 Å². The number of benzene rings is 1. The second-order valence-electron chi connectivity index (χ2n) is 8.89. The van der Waals surface area contributed by atoms with E-state index >= 15 is 4.39 Å². The molecule has 0 spiro atoms. The number of rotatable bonds is 6. The number of alkyl halides is 1. The molecular formula is C25H25FN8O3. The number of aryl methyl sites for hydroxylation is 1. The van der Waals surface area contributed by atoms with Crippen molar-refractivity contribution in [2.75, 3.05) is 24.7 Å². The van der Waals surface area contributed by atoms with Gasteiger partial charge in [0.15, 0.2) is 12.4 Å². The number of nitrogens with zero attached hydrogens (tertiary/aromatic N) is 6. The molecule has 37 heavy (non-hydrogen) atoms. The number of fused-ring (bicyclic) bond motifs is 2. The fourth-order valence-corrected chi connectivity index (χ4v) is 4.62. The Hall–Kier alpha value is -4.29. The molecule has 0 amide bonds. The summed E-state index contributed by atoms with van der Waals surface area (Å²) in [6, 6.07) is 11.1. The zero-order valence-electron chi connectivity index (χ0n) is 20.1. The molecule has 11 nitrogen and oxygen atoms in total. The van der Waals surface area contributed by atoms with Gasteiger partial charge in [-0.05, 0) is 30.3 Å². The maximum Gasteiger partial charge on any atom is 0.173 e. The third-order valence-corrected chi connectivity index (χ3v) is 6.53. The fraction of sp³-hybridized carbons (Fsp3) is 0.280. The van der Waals surface area contributed by atoms with Crippen molar-refractivity contribution in [3.8, 4) is 17.0 Å². The number of hydrogen-bond donors (Lipinski definition) is 3. The first-order valence-corrected chi connectivity index (χ1v) is 11.7. The van der Waals surface area contributed by atoms with Gasteiger partial charge in [0.25, 0.3) is 0 Å². The standard InChI is InChI=1S/C25H25FN8O3/c1-28-19-6-4-13-3-5-14(9-17(13)31-19)36-11-18-22(35)21(26)25(37-18)34-10-15(16-7-8-33(2)32-16)20-23(27)29-12-30-24(20)34/h3-10,12,18,21-22,25,35H,11H2,1-2H3,(H,28,31)(H2,27,29,30)/t18-,21+,22-,25-/m1/s1. The molecule has 1 aromatic carbocycles. The lowest BCUT2D eigenvalue weighted by Gasteiger charge is -2.17. The van der Waals surface area contributed by atoms with Crippen molar-refractivity contribution in [2.24, 2.45) is 7.05 Å². The molecule has 12 heteroatoms. The van der Waals surface area contributed by atoms with Gasteiger partial charge in [0.2, 0.25) is 0 Å². The Morgan fingerprint density at radius 3 is 2.84 bits per heavy atom. The van der Waals surface area contributed by atoms with E-state index in [1.54, 1.807) is 43.3 Å². The molecule has 1 fully saturated rings. The van der Waals surface area contributed by atoms with Crippen LogP contribution in [0.15, 0.2) is 55.1 Å². The van der Waals surface area contributed by atoms with Gasteiger partial charge < -0.3 is 30.2 Å². The minimum absolute atomic E-state index is 0.0568. The molecule has 4 atom stereocenters. The van der Waals surface area contributed by atoms with Crippen LogP contribution in [0.2, 0.25) is 0 Å². The molecule has 190 valence electrons. The third kappa shape index (κ3) is 3.99. The summed E-state index contributed by atoms with van der Waals surface area (Å²) in [7, 11) is 3.59. The number of anilines is 2. The smallest absolute Gasteiger partial charge is 0.173 e. The molecule has 0 aliphatic carbocycles. The van der Waals surface area contributed by atoms with Crippen LogP contribution in [0.4, 0.5) is 16.0 Å². The summed E-state index contributed by atoms with van der Waals surface area (Å²) in [5.41, 5.74) is 8.57. The van der Waals surface area contributed by atoms with E-state index in [1.165, 1.54) is 10.9 Å². The van der Waals surface area contributed by atoms with E-state index in [1.807, 2.05) is 24.3 Å². The molecule has 1 aliphatic heterocycles. The van der Waals surface area contributed by atoms with Crippen LogP contribution in [0, 0.1) is 0 Å². The Kier molecular flexibility index (Phi) is 5.61.